The lowest BCUT2D eigenvalue weighted by molar-refractivity contribution is -0.113. The van der Waals surface area contributed by atoms with Gasteiger partial charge < -0.3 is 14.6 Å². The zero-order valence-corrected chi connectivity index (χ0v) is 17.2. The third-order valence-corrected chi connectivity index (χ3v) is 5.33. The average molecular weight is 416 g/mol. The maximum Gasteiger partial charge on any atom is 0.332 e. The first-order chi connectivity index (χ1) is 13.8. The minimum absolute atomic E-state index is 0.0397. The van der Waals surface area contributed by atoms with Crippen LogP contribution in [0.15, 0.2) is 45.1 Å². The van der Waals surface area contributed by atoms with Crippen molar-refractivity contribution in [3.63, 3.8) is 0 Å². The van der Waals surface area contributed by atoms with Crippen molar-refractivity contribution in [2.75, 3.05) is 18.2 Å². The van der Waals surface area contributed by atoms with Crippen LogP contribution in [0.5, 0.6) is 5.75 Å². The highest BCUT2D eigenvalue weighted by atomic mass is 32.2. The summed E-state index contributed by atoms with van der Waals surface area (Å²) < 4.78 is 9.10. The molecule has 29 heavy (non-hydrogen) atoms. The molecule has 0 aliphatic rings. The highest BCUT2D eigenvalue weighted by molar-refractivity contribution is 7.99. The van der Waals surface area contributed by atoms with E-state index in [1.165, 1.54) is 36.5 Å². The van der Waals surface area contributed by atoms with Crippen molar-refractivity contribution in [1.29, 1.82) is 0 Å². The summed E-state index contributed by atoms with van der Waals surface area (Å²) in [6.07, 6.45) is 0. The van der Waals surface area contributed by atoms with Crippen molar-refractivity contribution in [2.45, 2.75) is 5.16 Å². The van der Waals surface area contributed by atoms with Crippen LogP contribution in [0.2, 0.25) is 0 Å². The van der Waals surface area contributed by atoms with Crippen molar-refractivity contribution >= 4 is 23.5 Å². The molecular formula is C18H20N6O4S. The highest BCUT2D eigenvalue weighted by Gasteiger charge is 2.14. The number of hydrogen-bond acceptors (Lipinski definition) is 7. The van der Waals surface area contributed by atoms with Crippen LogP contribution in [0.1, 0.15) is 0 Å². The number of carbonyl (C=O) groups is 1. The molecule has 1 amide bonds. The second-order valence-corrected chi connectivity index (χ2v) is 7.14. The predicted octanol–water partition coefficient (Wildman–Crippen LogP) is 0.619. The van der Waals surface area contributed by atoms with Gasteiger partial charge in [0.05, 0.1) is 12.9 Å². The first-order valence-electron chi connectivity index (χ1n) is 8.55. The Morgan fingerprint density at radius 2 is 1.76 bits per heavy atom. The zero-order chi connectivity index (χ0) is 21.1. The molecule has 0 saturated heterocycles. The third-order valence-electron chi connectivity index (χ3n) is 4.31. The largest absolute Gasteiger partial charge is 0.497 e. The Bertz CT molecular complexity index is 1160. The van der Waals surface area contributed by atoms with Crippen molar-refractivity contribution in [3.05, 3.63) is 51.2 Å². The van der Waals surface area contributed by atoms with Gasteiger partial charge in [0.15, 0.2) is 11.0 Å². The summed E-state index contributed by atoms with van der Waals surface area (Å²) in [5, 5.41) is 11.4. The van der Waals surface area contributed by atoms with Crippen LogP contribution in [0, 0.1) is 0 Å². The van der Waals surface area contributed by atoms with E-state index in [-0.39, 0.29) is 17.5 Å². The number of aromatic nitrogens is 5. The Morgan fingerprint density at radius 1 is 1.07 bits per heavy atom. The Morgan fingerprint density at radius 3 is 2.41 bits per heavy atom. The quantitative estimate of drug-likeness (QED) is 0.586. The number of ether oxygens (including phenoxy) is 1. The molecule has 0 aliphatic carbocycles. The first kappa shape index (κ1) is 20.4. The SMILES string of the molecule is COc1ccc(-c2nnc(SCC(=O)Nc3cc(=O)n(C)c(=O)n3C)n2C)cc1. The summed E-state index contributed by atoms with van der Waals surface area (Å²) in [5.41, 5.74) is -0.140. The first-order valence-corrected chi connectivity index (χ1v) is 9.54. The molecule has 0 radical (unpaired) electrons. The Kier molecular flexibility index (Phi) is 5.87. The lowest BCUT2D eigenvalue weighted by atomic mass is 10.2. The summed E-state index contributed by atoms with van der Waals surface area (Å²) in [4.78, 5) is 36.0. The molecule has 1 N–H and O–H groups in total. The van der Waals surface area contributed by atoms with Crippen LogP contribution in [0.4, 0.5) is 5.82 Å². The molecule has 3 aromatic rings. The lowest BCUT2D eigenvalue weighted by Crippen LogP contribution is -2.38. The second-order valence-electron chi connectivity index (χ2n) is 6.20. The molecule has 3 rings (SSSR count). The average Bonchev–Trinajstić information content (AvgIpc) is 3.09. The summed E-state index contributed by atoms with van der Waals surface area (Å²) in [5.74, 6) is 1.21. The van der Waals surface area contributed by atoms with Crippen LogP contribution >= 0.6 is 11.8 Å². The lowest BCUT2D eigenvalue weighted by Gasteiger charge is -2.10. The number of nitrogens with one attached hydrogen (secondary N) is 1. The van der Waals surface area contributed by atoms with Crippen LogP contribution in [0.25, 0.3) is 11.4 Å². The molecule has 152 valence electrons. The van der Waals surface area contributed by atoms with Gasteiger partial charge in [-0.2, -0.15) is 0 Å². The molecule has 1 aromatic carbocycles. The fourth-order valence-electron chi connectivity index (χ4n) is 2.59. The molecule has 10 nitrogen and oxygen atoms in total. The van der Waals surface area contributed by atoms with E-state index in [1.54, 1.807) is 11.7 Å². The fourth-order valence-corrected chi connectivity index (χ4v) is 3.30. The van der Waals surface area contributed by atoms with Crippen LogP contribution < -0.4 is 21.3 Å². The van der Waals surface area contributed by atoms with Crippen molar-refractivity contribution in [1.82, 2.24) is 23.9 Å². The van der Waals surface area contributed by atoms with Crippen molar-refractivity contribution < 1.29 is 9.53 Å². The van der Waals surface area contributed by atoms with E-state index in [0.717, 1.165) is 15.9 Å². The van der Waals surface area contributed by atoms with Crippen LogP contribution in [-0.4, -0.2) is 42.7 Å². The fraction of sp³-hybridized carbons (Fsp3) is 0.278. The number of hydrogen-bond donors (Lipinski definition) is 1. The molecule has 2 aromatic heterocycles. The summed E-state index contributed by atoms with van der Waals surface area (Å²) in [6, 6.07) is 8.62. The smallest absolute Gasteiger partial charge is 0.332 e. The molecule has 0 unspecified atom stereocenters. The molecule has 11 heteroatoms. The number of carbonyl (C=O) groups excluding carboxylic acids is 1. The molecule has 0 fully saturated rings. The van der Waals surface area contributed by atoms with Gasteiger partial charge in [0.1, 0.15) is 11.6 Å². The van der Waals surface area contributed by atoms with E-state index >= 15 is 0 Å². The topological polar surface area (TPSA) is 113 Å². The molecule has 0 atom stereocenters. The number of thioether (sulfide) groups is 1. The summed E-state index contributed by atoms with van der Waals surface area (Å²) in [7, 11) is 6.27. The normalized spacial score (nSPS) is 10.8. The minimum Gasteiger partial charge on any atom is -0.497 e. The number of benzene rings is 1. The van der Waals surface area contributed by atoms with E-state index in [0.29, 0.717) is 11.0 Å². The van der Waals surface area contributed by atoms with Gasteiger partial charge in [-0.05, 0) is 24.3 Å². The van der Waals surface area contributed by atoms with Gasteiger partial charge in [0.2, 0.25) is 5.91 Å². The maximum absolute atomic E-state index is 12.3. The number of anilines is 1. The molecule has 0 bridgehead atoms. The molecular weight excluding hydrogens is 396 g/mol. The van der Waals surface area contributed by atoms with Crippen molar-refractivity contribution in [3.8, 4) is 17.1 Å². The third kappa shape index (κ3) is 4.24. The number of amides is 1. The zero-order valence-electron chi connectivity index (χ0n) is 16.4. The molecule has 0 saturated carbocycles. The summed E-state index contributed by atoms with van der Waals surface area (Å²) in [6.45, 7) is 0. The second kappa shape index (κ2) is 8.35. The standard InChI is InChI=1S/C18H20N6O4S/c1-22-13(9-15(26)23(2)18(22)27)19-14(25)10-29-17-21-20-16(24(17)3)11-5-7-12(28-4)8-6-11/h5-9H,10H2,1-4H3,(H,19,25). The van der Waals surface area contributed by atoms with Crippen molar-refractivity contribution in [2.24, 2.45) is 21.1 Å². The Labute approximate surface area is 170 Å². The van der Waals surface area contributed by atoms with E-state index in [9.17, 15) is 14.4 Å². The van der Waals surface area contributed by atoms with Crippen LogP contribution in [0.3, 0.4) is 0 Å². The van der Waals surface area contributed by atoms with E-state index in [4.69, 9.17) is 4.74 Å². The van der Waals surface area contributed by atoms with Gasteiger partial charge in [-0.1, -0.05) is 11.8 Å². The van der Waals surface area contributed by atoms with Gasteiger partial charge in [-0.15, -0.1) is 10.2 Å². The van der Waals surface area contributed by atoms with Gasteiger partial charge in [-0.25, -0.2) is 4.79 Å². The number of rotatable bonds is 6. The molecule has 0 spiro atoms. The van der Waals surface area contributed by atoms with Gasteiger partial charge in [0.25, 0.3) is 5.56 Å². The molecule has 2 heterocycles. The minimum atomic E-state index is -0.516. The number of nitrogens with zero attached hydrogens (tertiary/aromatic N) is 5. The Hall–Kier alpha value is -3.34. The van der Waals surface area contributed by atoms with Gasteiger partial charge in [-0.3, -0.25) is 18.7 Å². The Balaban J connectivity index is 1.69. The van der Waals surface area contributed by atoms with E-state index < -0.39 is 11.2 Å². The maximum atomic E-state index is 12.3. The predicted molar refractivity (Wildman–Crippen MR) is 109 cm³/mol. The highest BCUT2D eigenvalue weighted by Crippen LogP contribution is 2.24. The van der Waals surface area contributed by atoms with Gasteiger partial charge in [0, 0.05) is 32.8 Å². The van der Waals surface area contributed by atoms with Gasteiger partial charge >= 0.3 is 5.69 Å². The van der Waals surface area contributed by atoms with E-state index in [1.807, 2.05) is 31.3 Å². The summed E-state index contributed by atoms with van der Waals surface area (Å²) >= 11 is 1.20. The van der Waals surface area contributed by atoms with Crippen LogP contribution in [-0.2, 0) is 25.9 Å². The molecule has 0 aliphatic heterocycles. The monoisotopic (exact) mass is 416 g/mol. The number of methoxy groups -OCH3 is 1. The van der Waals surface area contributed by atoms with E-state index in [2.05, 4.69) is 15.5 Å².